The first-order valence-electron chi connectivity index (χ1n) is 7.86. The van der Waals surface area contributed by atoms with Crippen LogP contribution in [0.5, 0.6) is 0 Å². The number of anilines is 1. The molecule has 7 nitrogen and oxygen atoms in total. The summed E-state index contributed by atoms with van der Waals surface area (Å²) >= 11 is 0. The van der Waals surface area contributed by atoms with Crippen molar-refractivity contribution in [1.29, 1.82) is 0 Å². The van der Waals surface area contributed by atoms with Gasteiger partial charge in [-0.2, -0.15) is 0 Å². The van der Waals surface area contributed by atoms with Gasteiger partial charge in [0.05, 0.1) is 25.2 Å². The molecule has 1 aromatic rings. The van der Waals surface area contributed by atoms with Gasteiger partial charge in [0.25, 0.3) is 5.91 Å². The number of carbonyl (C=O) groups excluding carboxylic acids is 1. The molecule has 0 aliphatic carbocycles. The monoisotopic (exact) mass is 355 g/mol. The van der Waals surface area contributed by atoms with E-state index in [1.54, 1.807) is 24.3 Å². The number of nitrogens with zero attached hydrogens (tertiary/aromatic N) is 2. The van der Waals surface area contributed by atoms with Crippen molar-refractivity contribution in [2.75, 3.05) is 57.5 Å². The van der Waals surface area contributed by atoms with E-state index in [0.717, 1.165) is 26.0 Å². The Kier molecular flexibility index (Phi) is 6.20. The van der Waals surface area contributed by atoms with Crippen molar-refractivity contribution in [2.45, 2.75) is 0 Å². The number of ether oxygens (including phenoxy) is 1. The van der Waals surface area contributed by atoms with Crippen LogP contribution in [-0.4, -0.2) is 72.4 Å². The van der Waals surface area contributed by atoms with Crippen molar-refractivity contribution in [3.8, 4) is 0 Å². The molecule has 1 saturated heterocycles. The molecular formula is C16H25N3O4S. The second kappa shape index (κ2) is 7.96. The minimum absolute atomic E-state index is 0.171. The molecule has 0 spiro atoms. The topological polar surface area (TPSA) is 79.0 Å². The predicted octanol–water partition coefficient (Wildman–Crippen LogP) is 0.390. The second-order valence-corrected chi connectivity index (χ2v) is 8.20. The van der Waals surface area contributed by atoms with Gasteiger partial charge in [-0.25, -0.2) is 8.42 Å². The first kappa shape index (κ1) is 18.7. The Morgan fingerprint density at radius 3 is 2.67 bits per heavy atom. The molecule has 0 aromatic heterocycles. The lowest BCUT2D eigenvalue weighted by Gasteiger charge is -2.19. The Bertz CT molecular complexity index is 660. The van der Waals surface area contributed by atoms with Gasteiger partial charge in [-0.1, -0.05) is 0 Å². The Hall–Kier alpha value is -1.64. The first-order chi connectivity index (χ1) is 11.3. The lowest BCUT2D eigenvalue weighted by Crippen LogP contribution is -2.35. The molecule has 1 aliphatic heterocycles. The number of hydrogen-bond acceptors (Lipinski definition) is 5. The highest BCUT2D eigenvalue weighted by atomic mass is 32.2. The van der Waals surface area contributed by atoms with Crippen molar-refractivity contribution in [3.63, 3.8) is 0 Å². The van der Waals surface area contributed by atoms with E-state index >= 15 is 0 Å². The highest BCUT2D eigenvalue weighted by Crippen LogP contribution is 2.16. The molecule has 1 amide bonds. The van der Waals surface area contributed by atoms with Gasteiger partial charge in [-0.3, -0.25) is 9.10 Å². The summed E-state index contributed by atoms with van der Waals surface area (Å²) in [6, 6.07) is 6.50. The average Bonchev–Trinajstić information content (AvgIpc) is 2.75. The molecule has 1 aromatic carbocycles. The minimum Gasteiger partial charge on any atom is -0.380 e. The fraction of sp³-hybridized carbons (Fsp3) is 0.562. The number of likely N-dealkylation sites (N-methyl/N-ethyl adjacent to an activating group) is 1. The number of benzene rings is 1. The summed E-state index contributed by atoms with van der Waals surface area (Å²) < 4.78 is 29.7. The molecule has 0 bridgehead atoms. The van der Waals surface area contributed by atoms with E-state index in [-0.39, 0.29) is 11.8 Å². The number of amides is 1. The predicted molar refractivity (Wildman–Crippen MR) is 93.8 cm³/mol. The molecule has 0 unspecified atom stereocenters. The van der Waals surface area contributed by atoms with Crippen LogP contribution in [0.3, 0.4) is 0 Å². The Morgan fingerprint density at radius 2 is 2.04 bits per heavy atom. The van der Waals surface area contributed by atoms with Gasteiger partial charge in [-0.05, 0) is 31.3 Å². The third-order valence-electron chi connectivity index (χ3n) is 4.08. The molecule has 1 heterocycles. The fourth-order valence-corrected chi connectivity index (χ4v) is 3.04. The molecule has 0 radical (unpaired) electrons. The Balaban J connectivity index is 1.93. The van der Waals surface area contributed by atoms with Crippen molar-refractivity contribution in [3.05, 3.63) is 29.8 Å². The highest BCUT2D eigenvalue weighted by molar-refractivity contribution is 7.92. The molecule has 1 fully saturated rings. The summed E-state index contributed by atoms with van der Waals surface area (Å²) in [5.41, 5.74) is 1.02. The molecule has 0 saturated carbocycles. The van der Waals surface area contributed by atoms with E-state index in [4.69, 9.17) is 4.74 Å². The Labute approximate surface area is 143 Å². The molecule has 2 rings (SSSR count). The summed E-state index contributed by atoms with van der Waals surface area (Å²) in [6.07, 6.45) is 1.14. The van der Waals surface area contributed by atoms with Crippen molar-refractivity contribution < 1.29 is 17.9 Å². The fourth-order valence-electron chi connectivity index (χ4n) is 2.53. The van der Waals surface area contributed by atoms with Crippen LogP contribution >= 0.6 is 0 Å². The van der Waals surface area contributed by atoms with E-state index in [9.17, 15) is 13.2 Å². The van der Waals surface area contributed by atoms with Crippen LogP contribution in [0.4, 0.5) is 5.69 Å². The third-order valence-corrected chi connectivity index (χ3v) is 5.29. The van der Waals surface area contributed by atoms with Crippen molar-refractivity contribution >= 4 is 21.6 Å². The first-order valence-corrected chi connectivity index (χ1v) is 9.70. The molecule has 1 aliphatic rings. The van der Waals surface area contributed by atoms with Gasteiger partial charge >= 0.3 is 0 Å². The molecule has 1 atom stereocenters. The number of rotatable bonds is 5. The van der Waals surface area contributed by atoms with Gasteiger partial charge in [0.1, 0.15) is 0 Å². The highest BCUT2D eigenvalue weighted by Gasteiger charge is 2.18. The second-order valence-electron chi connectivity index (χ2n) is 6.19. The van der Waals surface area contributed by atoms with Crippen LogP contribution in [0.2, 0.25) is 0 Å². The smallest absolute Gasteiger partial charge is 0.251 e. The van der Waals surface area contributed by atoms with Gasteiger partial charge in [0, 0.05) is 38.2 Å². The van der Waals surface area contributed by atoms with Gasteiger partial charge < -0.3 is 15.0 Å². The van der Waals surface area contributed by atoms with Crippen molar-refractivity contribution in [1.82, 2.24) is 10.2 Å². The molecule has 1 N–H and O–H groups in total. The van der Waals surface area contributed by atoms with Crippen LogP contribution in [-0.2, 0) is 14.8 Å². The van der Waals surface area contributed by atoms with E-state index in [2.05, 4.69) is 10.2 Å². The van der Waals surface area contributed by atoms with Gasteiger partial charge in [0.2, 0.25) is 10.0 Å². The maximum atomic E-state index is 12.2. The van der Waals surface area contributed by atoms with Gasteiger partial charge in [-0.15, -0.1) is 0 Å². The zero-order chi connectivity index (χ0) is 17.7. The molecule has 134 valence electrons. The largest absolute Gasteiger partial charge is 0.380 e. The van der Waals surface area contributed by atoms with Crippen molar-refractivity contribution in [2.24, 2.45) is 5.92 Å². The third kappa shape index (κ3) is 5.19. The minimum atomic E-state index is -3.31. The summed E-state index contributed by atoms with van der Waals surface area (Å²) in [7, 11) is 0.213. The molecule has 8 heteroatoms. The SMILES string of the molecule is CN1CCOC[C@H](CNC(=O)c2ccc(N(C)S(C)(=O)=O)cc2)C1. The molecule has 24 heavy (non-hydrogen) atoms. The normalized spacial score (nSPS) is 19.5. The lowest BCUT2D eigenvalue weighted by molar-refractivity contribution is 0.0921. The van der Waals surface area contributed by atoms with Crippen LogP contribution < -0.4 is 9.62 Å². The summed E-state index contributed by atoms with van der Waals surface area (Å²) in [6.45, 7) is 3.70. The van der Waals surface area contributed by atoms with E-state index in [1.165, 1.54) is 11.4 Å². The quantitative estimate of drug-likeness (QED) is 0.827. The standard InChI is InChI=1S/C16H25N3O4S/c1-18-8-9-23-12-13(11-18)10-17-16(20)14-4-6-15(7-5-14)19(2)24(3,21)22/h4-7,13H,8-12H2,1-3H3,(H,17,20)/t13-/m1/s1. The zero-order valence-electron chi connectivity index (χ0n) is 14.4. The maximum Gasteiger partial charge on any atom is 0.251 e. The van der Waals surface area contributed by atoms with E-state index < -0.39 is 10.0 Å². The van der Waals surface area contributed by atoms with E-state index in [0.29, 0.717) is 24.4 Å². The number of sulfonamides is 1. The lowest BCUT2D eigenvalue weighted by atomic mass is 10.1. The van der Waals surface area contributed by atoms with Crippen LogP contribution in [0.15, 0.2) is 24.3 Å². The number of carbonyl (C=O) groups is 1. The Morgan fingerprint density at radius 1 is 1.38 bits per heavy atom. The van der Waals surface area contributed by atoms with Gasteiger partial charge in [0.15, 0.2) is 0 Å². The van der Waals surface area contributed by atoms with Crippen LogP contribution in [0.25, 0.3) is 0 Å². The van der Waals surface area contributed by atoms with E-state index in [1.807, 2.05) is 7.05 Å². The summed E-state index contributed by atoms with van der Waals surface area (Å²) in [5, 5.41) is 2.92. The average molecular weight is 355 g/mol. The zero-order valence-corrected chi connectivity index (χ0v) is 15.2. The van der Waals surface area contributed by atoms with Crippen LogP contribution in [0, 0.1) is 5.92 Å². The summed E-state index contributed by atoms with van der Waals surface area (Å²) in [5.74, 6) is 0.0903. The van der Waals surface area contributed by atoms with Crippen LogP contribution in [0.1, 0.15) is 10.4 Å². The number of hydrogen-bond donors (Lipinski definition) is 1. The molecular weight excluding hydrogens is 330 g/mol. The number of nitrogens with one attached hydrogen (secondary N) is 1. The maximum absolute atomic E-state index is 12.2. The summed E-state index contributed by atoms with van der Waals surface area (Å²) in [4.78, 5) is 14.4.